The van der Waals surface area contributed by atoms with Gasteiger partial charge in [0.2, 0.25) is 5.95 Å². The third kappa shape index (κ3) is 1.39. The van der Waals surface area contributed by atoms with Crippen LogP contribution in [0.5, 0.6) is 0 Å². The summed E-state index contributed by atoms with van der Waals surface area (Å²) in [5.41, 5.74) is 2.51. The highest BCUT2D eigenvalue weighted by Gasteiger charge is 2.11. The van der Waals surface area contributed by atoms with Crippen molar-refractivity contribution >= 4 is 17.7 Å². The number of rotatable bonds is 1. The van der Waals surface area contributed by atoms with Crippen LogP contribution in [0.25, 0.3) is 0 Å². The molecule has 0 saturated carbocycles. The Hall–Kier alpha value is -0.770. The Bertz CT molecular complexity index is 288. The van der Waals surface area contributed by atoms with Crippen molar-refractivity contribution < 1.29 is 0 Å². The Labute approximate surface area is 76.0 Å². The van der Waals surface area contributed by atoms with Gasteiger partial charge in [0, 0.05) is 24.6 Å². The second kappa shape index (κ2) is 3.31. The molecule has 0 aliphatic carbocycles. The monoisotopic (exact) mass is 181 g/mol. The van der Waals surface area contributed by atoms with Crippen molar-refractivity contribution in [3.63, 3.8) is 0 Å². The van der Waals surface area contributed by atoms with E-state index in [0.717, 1.165) is 18.1 Å². The number of nitrogens with zero attached hydrogens (tertiary/aromatic N) is 2. The molecule has 0 atom stereocenters. The van der Waals surface area contributed by atoms with Gasteiger partial charge in [-0.1, -0.05) is 0 Å². The number of fused-ring (bicyclic) bond motifs is 1. The van der Waals surface area contributed by atoms with Crippen LogP contribution in [0.4, 0.5) is 5.95 Å². The molecule has 1 N–H and O–H groups in total. The van der Waals surface area contributed by atoms with Gasteiger partial charge in [-0.3, -0.25) is 0 Å². The molecule has 64 valence electrons. The zero-order valence-corrected chi connectivity index (χ0v) is 7.82. The molecule has 1 aliphatic heterocycles. The maximum absolute atomic E-state index is 4.40. The molecule has 0 saturated heterocycles. The second-order valence-electron chi connectivity index (χ2n) is 2.72. The zero-order chi connectivity index (χ0) is 8.39. The first-order valence-corrected chi connectivity index (χ1v) is 5.16. The van der Waals surface area contributed by atoms with E-state index in [2.05, 4.69) is 15.3 Å². The molecule has 0 spiro atoms. The van der Waals surface area contributed by atoms with E-state index in [-0.39, 0.29) is 0 Å². The molecule has 0 radical (unpaired) electrons. The fraction of sp³-hybridized carbons (Fsp3) is 0.500. The summed E-state index contributed by atoms with van der Waals surface area (Å²) < 4.78 is 0. The molecule has 3 nitrogen and oxygen atoms in total. The minimum atomic E-state index is 0.737. The lowest BCUT2D eigenvalue weighted by Crippen LogP contribution is -2.08. The van der Waals surface area contributed by atoms with Crippen LogP contribution in [-0.4, -0.2) is 22.8 Å². The van der Waals surface area contributed by atoms with Gasteiger partial charge in [-0.25, -0.2) is 9.97 Å². The fourth-order valence-corrected chi connectivity index (χ4v) is 2.19. The fourth-order valence-electron chi connectivity index (χ4n) is 1.25. The van der Waals surface area contributed by atoms with Crippen molar-refractivity contribution in [3.8, 4) is 0 Å². The summed E-state index contributed by atoms with van der Waals surface area (Å²) in [6.45, 7) is 0. The van der Waals surface area contributed by atoms with Gasteiger partial charge in [-0.15, -0.1) is 0 Å². The second-order valence-corrected chi connectivity index (χ2v) is 3.82. The van der Waals surface area contributed by atoms with Gasteiger partial charge in [0.25, 0.3) is 0 Å². The smallest absolute Gasteiger partial charge is 0.222 e. The summed E-state index contributed by atoms with van der Waals surface area (Å²) >= 11 is 1.95. The van der Waals surface area contributed by atoms with Gasteiger partial charge >= 0.3 is 0 Å². The molecule has 0 bridgehead atoms. The van der Waals surface area contributed by atoms with Gasteiger partial charge in [0.1, 0.15) is 0 Å². The van der Waals surface area contributed by atoms with E-state index in [4.69, 9.17) is 0 Å². The average molecular weight is 181 g/mol. The van der Waals surface area contributed by atoms with Crippen molar-refractivity contribution in [2.45, 2.75) is 12.2 Å². The standard InChI is InChI=1S/C8H11N3S/c1-9-8-10-4-6-5-12-3-2-7(6)11-8/h4H,2-3,5H2,1H3,(H,9,10,11). The molecule has 1 aliphatic rings. The van der Waals surface area contributed by atoms with Crippen LogP contribution in [0, 0.1) is 0 Å². The highest BCUT2D eigenvalue weighted by Crippen LogP contribution is 2.22. The Morgan fingerprint density at radius 3 is 3.33 bits per heavy atom. The molecule has 1 aromatic heterocycles. The number of hydrogen-bond donors (Lipinski definition) is 1. The van der Waals surface area contributed by atoms with Crippen LogP contribution in [0.15, 0.2) is 6.20 Å². The molecular weight excluding hydrogens is 170 g/mol. The van der Waals surface area contributed by atoms with E-state index in [0.29, 0.717) is 0 Å². The highest BCUT2D eigenvalue weighted by molar-refractivity contribution is 7.98. The van der Waals surface area contributed by atoms with Crippen LogP contribution in [0.1, 0.15) is 11.3 Å². The first-order chi connectivity index (χ1) is 5.90. The maximum Gasteiger partial charge on any atom is 0.222 e. The quantitative estimate of drug-likeness (QED) is 0.709. The van der Waals surface area contributed by atoms with Crippen LogP contribution in [0.3, 0.4) is 0 Å². The summed E-state index contributed by atoms with van der Waals surface area (Å²) in [6.07, 6.45) is 3.01. The Morgan fingerprint density at radius 2 is 2.50 bits per heavy atom. The first kappa shape index (κ1) is 7.86. The topological polar surface area (TPSA) is 37.8 Å². The molecule has 0 aromatic carbocycles. The third-order valence-electron chi connectivity index (χ3n) is 1.92. The molecule has 0 fully saturated rings. The number of thioether (sulfide) groups is 1. The predicted octanol–water partition coefficient (Wildman–Crippen LogP) is 1.31. The molecule has 0 unspecified atom stereocenters. The van der Waals surface area contributed by atoms with Crippen molar-refractivity contribution in [1.82, 2.24) is 9.97 Å². The largest absolute Gasteiger partial charge is 0.357 e. The Kier molecular flexibility index (Phi) is 2.17. The highest BCUT2D eigenvalue weighted by atomic mass is 32.2. The molecule has 0 amide bonds. The van der Waals surface area contributed by atoms with Crippen LogP contribution in [-0.2, 0) is 12.2 Å². The molecule has 4 heteroatoms. The van der Waals surface area contributed by atoms with E-state index >= 15 is 0 Å². The lowest BCUT2D eigenvalue weighted by atomic mass is 10.2. The molecule has 12 heavy (non-hydrogen) atoms. The van der Waals surface area contributed by atoms with E-state index in [9.17, 15) is 0 Å². The SMILES string of the molecule is CNc1ncc2c(n1)CCSC2. The number of anilines is 1. The van der Waals surface area contributed by atoms with Crippen molar-refractivity contribution in [3.05, 3.63) is 17.5 Å². The minimum Gasteiger partial charge on any atom is -0.357 e. The third-order valence-corrected chi connectivity index (χ3v) is 2.93. The summed E-state index contributed by atoms with van der Waals surface area (Å²) in [7, 11) is 1.85. The maximum atomic E-state index is 4.40. The lowest BCUT2D eigenvalue weighted by Gasteiger charge is -2.13. The van der Waals surface area contributed by atoms with Crippen molar-refractivity contribution in [2.75, 3.05) is 18.1 Å². The van der Waals surface area contributed by atoms with Crippen molar-refractivity contribution in [2.24, 2.45) is 0 Å². The number of aromatic nitrogens is 2. The Morgan fingerprint density at radius 1 is 1.58 bits per heavy atom. The molecule has 2 heterocycles. The normalized spacial score (nSPS) is 15.4. The van der Waals surface area contributed by atoms with Crippen LogP contribution < -0.4 is 5.32 Å². The van der Waals surface area contributed by atoms with Crippen molar-refractivity contribution in [1.29, 1.82) is 0 Å². The summed E-state index contributed by atoms with van der Waals surface area (Å²) in [5, 5.41) is 2.95. The van der Waals surface area contributed by atoms with E-state index in [1.165, 1.54) is 17.0 Å². The first-order valence-electron chi connectivity index (χ1n) is 4.00. The molecular formula is C8H11N3S. The van der Waals surface area contributed by atoms with Gasteiger partial charge in [0.15, 0.2) is 0 Å². The van der Waals surface area contributed by atoms with Crippen LogP contribution in [0.2, 0.25) is 0 Å². The van der Waals surface area contributed by atoms with Crippen LogP contribution >= 0.6 is 11.8 Å². The minimum absolute atomic E-state index is 0.737. The number of nitrogens with one attached hydrogen (secondary N) is 1. The number of hydrogen-bond acceptors (Lipinski definition) is 4. The van der Waals surface area contributed by atoms with E-state index in [1.54, 1.807) is 0 Å². The lowest BCUT2D eigenvalue weighted by molar-refractivity contribution is 0.956. The zero-order valence-electron chi connectivity index (χ0n) is 7.00. The molecule has 2 rings (SSSR count). The summed E-state index contributed by atoms with van der Waals surface area (Å²) in [5.74, 6) is 2.99. The van der Waals surface area contributed by atoms with Gasteiger partial charge in [-0.2, -0.15) is 11.8 Å². The summed E-state index contributed by atoms with van der Waals surface area (Å²) in [6, 6.07) is 0. The van der Waals surface area contributed by atoms with Gasteiger partial charge in [-0.05, 0) is 12.2 Å². The average Bonchev–Trinajstić information content (AvgIpc) is 2.17. The van der Waals surface area contributed by atoms with E-state index < -0.39 is 0 Å². The van der Waals surface area contributed by atoms with E-state index in [1.807, 2.05) is 25.0 Å². The molecule has 1 aromatic rings. The predicted molar refractivity (Wildman–Crippen MR) is 51.4 cm³/mol. The summed E-state index contributed by atoms with van der Waals surface area (Å²) in [4.78, 5) is 8.57. The van der Waals surface area contributed by atoms with Gasteiger partial charge in [0.05, 0.1) is 5.69 Å². The number of aryl methyl sites for hydroxylation is 1. The van der Waals surface area contributed by atoms with Gasteiger partial charge < -0.3 is 5.32 Å². The Balaban J connectivity index is 2.36.